The van der Waals surface area contributed by atoms with Gasteiger partial charge in [-0.05, 0) is 31.0 Å². The number of hydrogen-bond acceptors (Lipinski definition) is 3. The average molecular weight is 327 g/mol. The van der Waals surface area contributed by atoms with Crippen molar-refractivity contribution >= 4 is 6.03 Å². The number of nitrogens with zero attached hydrogens (tertiary/aromatic N) is 2. The van der Waals surface area contributed by atoms with Gasteiger partial charge in [-0.3, -0.25) is 4.98 Å². The van der Waals surface area contributed by atoms with E-state index >= 15 is 0 Å². The highest BCUT2D eigenvalue weighted by Crippen LogP contribution is 2.21. The Balaban J connectivity index is 2.28. The fraction of sp³-hybridized carbons (Fsp3) is 0.368. The normalized spacial score (nSPS) is 11.8. The zero-order valence-electron chi connectivity index (χ0n) is 14.3. The smallest absolute Gasteiger partial charge is 0.318 e. The molecule has 0 saturated carbocycles. The second-order valence-electron chi connectivity index (χ2n) is 5.76. The molecule has 0 fully saturated rings. The predicted octanol–water partition coefficient (Wildman–Crippen LogP) is 2.89. The van der Waals surface area contributed by atoms with Gasteiger partial charge >= 0.3 is 6.03 Å². The van der Waals surface area contributed by atoms with Crippen molar-refractivity contribution in [1.29, 1.82) is 0 Å². The zero-order valence-corrected chi connectivity index (χ0v) is 14.3. The van der Waals surface area contributed by atoms with Crippen LogP contribution in [0.2, 0.25) is 0 Å². The molecule has 2 amide bonds. The van der Waals surface area contributed by atoms with E-state index in [4.69, 9.17) is 0 Å². The van der Waals surface area contributed by atoms with Gasteiger partial charge in [0.2, 0.25) is 0 Å². The molecule has 1 atom stereocenters. The number of nitrogens with one attached hydrogen (secondary N) is 1. The number of urea groups is 1. The molecular weight excluding hydrogens is 302 g/mol. The number of rotatable bonds is 7. The van der Waals surface area contributed by atoms with E-state index in [0.717, 1.165) is 23.2 Å². The first-order valence-electron chi connectivity index (χ1n) is 8.29. The molecule has 2 N–H and O–H groups in total. The molecular formula is C19H25N3O2. The van der Waals surface area contributed by atoms with E-state index < -0.39 is 0 Å². The van der Waals surface area contributed by atoms with Crippen LogP contribution in [-0.4, -0.2) is 40.7 Å². The van der Waals surface area contributed by atoms with Crippen LogP contribution in [0.3, 0.4) is 0 Å². The third kappa shape index (κ3) is 4.80. The number of pyridine rings is 1. The van der Waals surface area contributed by atoms with Gasteiger partial charge in [0.05, 0.1) is 18.3 Å². The van der Waals surface area contributed by atoms with Gasteiger partial charge in [0, 0.05) is 19.3 Å². The number of aryl methyl sites for hydroxylation is 1. The monoisotopic (exact) mass is 327 g/mol. The predicted molar refractivity (Wildman–Crippen MR) is 94.7 cm³/mol. The lowest BCUT2D eigenvalue weighted by atomic mass is 10.0. The van der Waals surface area contributed by atoms with Crippen molar-refractivity contribution in [2.24, 2.45) is 0 Å². The number of hydrogen-bond donors (Lipinski definition) is 2. The lowest BCUT2D eigenvalue weighted by molar-refractivity contribution is 0.175. The van der Waals surface area contributed by atoms with Gasteiger partial charge in [-0.2, -0.15) is 0 Å². The molecule has 5 heteroatoms. The summed E-state index contributed by atoms with van der Waals surface area (Å²) >= 11 is 0. The van der Waals surface area contributed by atoms with Gasteiger partial charge in [-0.1, -0.05) is 42.8 Å². The van der Waals surface area contributed by atoms with Gasteiger partial charge in [-0.15, -0.1) is 0 Å². The minimum absolute atomic E-state index is 0.0495. The first-order chi connectivity index (χ1) is 11.7. The summed E-state index contributed by atoms with van der Waals surface area (Å²) in [7, 11) is 0. The van der Waals surface area contributed by atoms with Crippen LogP contribution in [0.15, 0.2) is 48.7 Å². The molecule has 1 aromatic heterocycles. The maximum absolute atomic E-state index is 12.6. The van der Waals surface area contributed by atoms with Crippen molar-refractivity contribution in [3.8, 4) is 0 Å². The molecule has 0 spiro atoms. The number of aromatic nitrogens is 1. The van der Waals surface area contributed by atoms with E-state index in [9.17, 15) is 9.90 Å². The third-order valence-corrected chi connectivity index (χ3v) is 3.78. The summed E-state index contributed by atoms with van der Waals surface area (Å²) in [6.07, 6.45) is 2.56. The highest BCUT2D eigenvalue weighted by Gasteiger charge is 2.21. The number of amides is 2. The topological polar surface area (TPSA) is 65.5 Å². The van der Waals surface area contributed by atoms with Crippen LogP contribution >= 0.6 is 0 Å². The van der Waals surface area contributed by atoms with Crippen molar-refractivity contribution in [2.45, 2.75) is 26.3 Å². The molecule has 1 heterocycles. The largest absolute Gasteiger partial charge is 0.395 e. The van der Waals surface area contributed by atoms with Gasteiger partial charge in [0.1, 0.15) is 0 Å². The minimum Gasteiger partial charge on any atom is -0.395 e. The van der Waals surface area contributed by atoms with Gasteiger partial charge < -0.3 is 15.3 Å². The standard InChI is InChI=1S/C19H25N3O2/c1-3-11-22(12-13-23)19(24)21-18(17-9-4-5-10-20-17)16-8-6-7-15(2)14-16/h4-10,14,18,23H,3,11-13H2,1-2H3,(H,21,24). The number of carbonyl (C=O) groups is 1. The van der Waals surface area contributed by atoms with Crippen molar-refractivity contribution < 1.29 is 9.90 Å². The summed E-state index contributed by atoms with van der Waals surface area (Å²) in [6.45, 7) is 4.91. The van der Waals surface area contributed by atoms with Crippen molar-refractivity contribution in [2.75, 3.05) is 19.7 Å². The number of aliphatic hydroxyl groups is 1. The highest BCUT2D eigenvalue weighted by molar-refractivity contribution is 5.75. The van der Waals surface area contributed by atoms with E-state index in [0.29, 0.717) is 13.1 Å². The maximum Gasteiger partial charge on any atom is 0.318 e. The van der Waals surface area contributed by atoms with Crippen LogP contribution < -0.4 is 5.32 Å². The van der Waals surface area contributed by atoms with E-state index in [1.165, 1.54) is 0 Å². The Morgan fingerprint density at radius 2 is 2.08 bits per heavy atom. The fourth-order valence-electron chi connectivity index (χ4n) is 2.64. The lowest BCUT2D eigenvalue weighted by Gasteiger charge is -2.26. The summed E-state index contributed by atoms with van der Waals surface area (Å²) in [5.74, 6) is 0. The number of aliphatic hydroxyl groups excluding tert-OH is 1. The van der Waals surface area contributed by atoms with E-state index in [2.05, 4.69) is 16.4 Å². The van der Waals surface area contributed by atoms with E-state index in [-0.39, 0.29) is 18.7 Å². The molecule has 0 aliphatic heterocycles. The number of benzene rings is 1. The molecule has 1 unspecified atom stereocenters. The molecule has 0 bridgehead atoms. The van der Waals surface area contributed by atoms with E-state index in [1.54, 1.807) is 11.1 Å². The molecule has 0 aliphatic carbocycles. The van der Waals surface area contributed by atoms with E-state index in [1.807, 2.05) is 50.2 Å². The Bertz CT molecular complexity index is 640. The quantitative estimate of drug-likeness (QED) is 0.822. The minimum atomic E-state index is -0.323. The molecule has 24 heavy (non-hydrogen) atoms. The first-order valence-corrected chi connectivity index (χ1v) is 8.29. The molecule has 1 aromatic carbocycles. The maximum atomic E-state index is 12.6. The summed E-state index contributed by atoms with van der Waals surface area (Å²) < 4.78 is 0. The Morgan fingerprint density at radius 1 is 1.25 bits per heavy atom. The fourth-order valence-corrected chi connectivity index (χ4v) is 2.64. The van der Waals surface area contributed by atoms with Crippen LogP contribution in [0.4, 0.5) is 4.79 Å². The van der Waals surface area contributed by atoms with Gasteiger partial charge in [-0.25, -0.2) is 4.79 Å². The molecule has 2 aromatic rings. The van der Waals surface area contributed by atoms with Gasteiger partial charge in [0.25, 0.3) is 0 Å². The van der Waals surface area contributed by atoms with Gasteiger partial charge in [0.15, 0.2) is 0 Å². The summed E-state index contributed by atoms with van der Waals surface area (Å²) in [6, 6.07) is 13.2. The van der Waals surface area contributed by atoms with Crippen LogP contribution in [0.25, 0.3) is 0 Å². The van der Waals surface area contributed by atoms with Crippen LogP contribution in [0, 0.1) is 6.92 Å². The molecule has 0 radical (unpaired) electrons. The van der Waals surface area contributed by atoms with Crippen molar-refractivity contribution in [1.82, 2.24) is 15.2 Å². The van der Waals surface area contributed by atoms with Crippen molar-refractivity contribution in [3.05, 3.63) is 65.5 Å². The second kappa shape index (κ2) is 9.03. The molecule has 128 valence electrons. The first kappa shape index (κ1) is 17.9. The average Bonchev–Trinajstić information content (AvgIpc) is 2.60. The second-order valence-corrected chi connectivity index (χ2v) is 5.76. The highest BCUT2D eigenvalue weighted by atomic mass is 16.3. The third-order valence-electron chi connectivity index (χ3n) is 3.78. The number of carbonyl (C=O) groups excluding carboxylic acids is 1. The Kier molecular flexibility index (Phi) is 6.75. The molecule has 2 rings (SSSR count). The Hall–Kier alpha value is -2.40. The van der Waals surface area contributed by atoms with Crippen LogP contribution in [0.5, 0.6) is 0 Å². The van der Waals surface area contributed by atoms with Crippen LogP contribution in [0.1, 0.15) is 36.2 Å². The Morgan fingerprint density at radius 3 is 2.71 bits per heavy atom. The Labute approximate surface area is 143 Å². The SMILES string of the molecule is CCCN(CCO)C(=O)NC(c1cccc(C)c1)c1ccccn1. The molecule has 5 nitrogen and oxygen atoms in total. The van der Waals surface area contributed by atoms with Crippen molar-refractivity contribution in [3.63, 3.8) is 0 Å². The summed E-state index contributed by atoms with van der Waals surface area (Å²) in [5.41, 5.74) is 2.91. The summed E-state index contributed by atoms with van der Waals surface area (Å²) in [4.78, 5) is 18.7. The summed E-state index contributed by atoms with van der Waals surface area (Å²) in [5, 5.41) is 12.2. The lowest BCUT2D eigenvalue weighted by Crippen LogP contribution is -2.43. The molecule has 0 aliphatic rings. The zero-order chi connectivity index (χ0) is 17.4. The molecule has 0 saturated heterocycles. The van der Waals surface area contributed by atoms with Crippen LogP contribution in [-0.2, 0) is 0 Å².